The Morgan fingerprint density at radius 3 is 2.29 bits per heavy atom. The third kappa shape index (κ3) is 6.87. The van der Waals surface area contributed by atoms with Crippen LogP contribution in [0.4, 0.5) is 13.2 Å². The molecular formula is C22H32ClF3N4O4S. The number of nitrogens with one attached hydrogen (secondary N) is 1. The highest BCUT2D eigenvalue weighted by molar-refractivity contribution is 7.89. The van der Waals surface area contributed by atoms with Gasteiger partial charge in [-0.2, -0.15) is 0 Å². The molecule has 3 N–H and O–H groups in total. The molecule has 2 amide bonds. The van der Waals surface area contributed by atoms with Crippen molar-refractivity contribution in [2.24, 2.45) is 17.6 Å². The van der Waals surface area contributed by atoms with Gasteiger partial charge in [-0.05, 0) is 50.2 Å². The standard InChI is InChI=1S/C22H31F3N4O4S.ClH/c1-28(2)21(30)19(20(26)22(31)29-10-9-15(24)12-29)13-3-6-16(7-4-13)27-34(32,33)18-8-5-14(23)11-17(18)25;/h5,8,11,13,15-16,19-20,27H,3-4,6-7,9-10,12,26H2,1-2H3;1H/t13?,15-,16?,19-,20-;/m0./s1. The summed E-state index contributed by atoms with van der Waals surface area (Å²) in [6, 6.07) is 0.600. The van der Waals surface area contributed by atoms with Crippen molar-refractivity contribution in [2.45, 2.75) is 55.3 Å². The molecule has 0 bridgehead atoms. The van der Waals surface area contributed by atoms with E-state index in [0.717, 1.165) is 12.1 Å². The lowest BCUT2D eigenvalue weighted by molar-refractivity contribution is -0.143. The van der Waals surface area contributed by atoms with Crippen molar-refractivity contribution in [3.05, 3.63) is 29.8 Å². The predicted octanol–water partition coefficient (Wildman–Crippen LogP) is 1.83. The third-order valence-electron chi connectivity index (χ3n) is 6.63. The van der Waals surface area contributed by atoms with E-state index >= 15 is 0 Å². The van der Waals surface area contributed by atoms with Gasteiger partial charge in [0, 0.05) is 32.7 Å². The zero-order valence-corrected chi connectivity index (χ0v) is 21.3. The Morgan fingerprint density at radius 1 is 1.14 bits per heavy atom. The number of likely N-dealkylation sites (tertiary alicyclic amines) is 1. The largest absolute Gasteiger partial charge is 0.349 e. The van der Waals surface area contributed by atoms with Crippen LogP contribution in [0.25, 0.3) is 0 Å². The Hall–Kier alpha value is -1.89. The second-order valence-electron chi connectivity index (χ2n) is 9.26. The van der Waals surface area contributed by atoms with Gasteiger partial charge in [-0.15, -0.1) is 12.4 Å². The highest BCUT2D eigenvalue weighted by Crippen LogP contribution is 2.34. The third-order valence-corrected chi connectivity index (χ3v) is 8.18. The molecule has 8 nitrogen and oxygen atoms in total. The maximum Gasteiger partial charge on any atom is 0.243 e. The van der Waals surface area contributed by atoms with Crippen LogP contribution in [0.3, 0.4) is 0 Å². The normalized spacial score (nSPS) is 24.4. The van der Waals surface area contributed by atoms with Gasteiger partial charge in [0.1, 0.15) is 22.7 Å². The van der Waals surface area contributed by atoms with E-state index in [9.17, 15) is 31.2 Å². The van der Waals surface area contributed by atoms with Gasteiger partial charge in [0.15, 0.2) is 0 Å². The molecule has 2 fully saturated rings. The molecule has 1 aromatic carbocycles. The minimum absolute atomic E-state index is 0. The zero-order valence-electron chi connectivity index (χ0n) is 19.6. The van der Waals surface area contributed by atoms with E-state index < -0.39 is 56.6 Å². The number of carbonyl (C=O) groups excluding carboxylic acids is 2. The summed E-state index contributed by atoms with van der Waals surface area (Å²) < 4.78 is 68.3. The van der Waals surface area contributed by atoms with E-state index in [1.165, 1.54) is 9.80 Å². The summed E-state index contributed by atoms with van der Waals surface area (Å²) in [7, 11) is -1.08. The van der Waals surface area contributed by atoms with Crippen molar-refractivity contribution in [3.8, 4) is 0 Å². The minimum atomic E-state index is -4.21. The predicted molar refractivity (Wildman–Crippen MR) is 126 cm³/mol. The molecule has 198 valence electrons. The number of carbonyl (C=O) groups is 2. The van der Waals surface area contributed by atoms with E-state index in [2.05, 4.69) is 4.72 Å². The Labute approximate surface area is 209 Å². The van der Waals surface area contributed by atoms with Crippen molar-refractivity contribution in [1.29, 1.82) is 0 Å². The van der Waals surface area contributed by atoms with Crippen LogP contribution in [0, 0.1) is 23.5 Å². The van der Waals surface area contributed by atoms with Crippen LogP contribution in [0.15, 0.2) is 23.1 Å². The highest BCUT2D eigenvalue weighted by atomic mass is 35.5. The maximum atomic E-state index is 14.0. The molecule has 1 saturated carbocycles. The molecule has 3 rings (SSSR count). The number of hydrogen-bond acceptors (Lipinski definition) is 5. The number of hydrogen-bond donors (Lipinski definition) is 2. The molecule has 0 unspecified atom stereocenters. The zero-order chi connectivity index (χ0) is 25.2. The van der Waals surface area contributed by atoms with Crippen LogP contribution in [-0.4, -0.2) is 75.5 Å². The average Bonchev–Trinajstić information content (AvgIpc) is 3.20. The molecule has 1 aromatic rings. The fourth-order valence-corrected chi connectivity index (χ4v) is 6.17. The summed E-state index contributed by atoms with van der Waals surface area (Å²) in [6.07, 6.45) is 0.660. The Bertz CT molecular complexity index is 1020. The Kier molecular flexibility index (Phi) is 9.97. The van der Waals surface area contributed by atoms with E-state index in [1.54, 1.807) is 14.1 Å². The van der Waals surface area contributed by atoms with Crippen LogP contribution < -0.4 is 10.5 Å². The van der Waals surface area contributed by atoms with Crippen LogP contribution in [-0.2, 0) is 19.6 Å². The molecule has 3 atom stereocenters. The molecule has 35 heavy (non-hydrogen) atoms. The molecule has 1 heterocycles. The Balaban J connectivity index is 0.00000432. The number of alkyl halides is 1. The SMILES string of the molecule is CN(C)C(=O)[C@@H](C1CCC(NS(=O)(=O)c2ccc(F)cc2F)CC1)[C@H](N)C(=O)N1CC[C@H](F)C1.Cl. The van der Waals surface area contributed by atoms with Gasteiger partial charge in [-0.1, -0.05) is 0 Å². The lowest BCUT2D eigenvalue weighted by atomic mass is 9.74. The Morgan fingerprint density at radius 2 is 1.77 bits per heavy atom. The number of nitrogens with two attached hydrogens (primary N) is 1. The first-order valence-electron chi connectivity index (χ1n) is 11.3. The van der Waals surface area contributed by atoms with Crippen molar-refractivity contribution >= 4 is 34.2 Å². The topological polar surface area (TPSA) is 113 Å². The monoisotopic (exact) mass is 540 g/mol. The summed E-state index contributed by atoms with van der Waals surface area (Å²) in [5, 5.41) is 0. The van der Waals surface area contributed by atoms with Gasteiger partial charge in [-0.3, -0.25) is 9.59 Å². The fraction of sp³-hybridized carbons (Fsp3) is 0.636. The molecule has 1 aliphatic carbocycles. The van der Waals surface area contributed by atoms with Crippen molar-refractivity contribution in [3.63, 3.8) is 0 Å². The van der Waals surface area contributed by atoms with E-state index in [4.69, 9.17) is 5.73 Å². The number of halogens is 4. The number of sulfonamides is 1. The van der Waals surface area contributed by atoms with Gasteiger partial charge >= 0.3 is 0 Å². The van der Waals surface area contributed by atoms with Crippen molar-refractivity contribution in [1.82, 2.24) is 14.5 Å². The second kappa shape index (κ2) is 11.9. The van der Waals surface area contributed by atoms with Gasteiger partial charge in [0.25, 0.3) is 0 Å². The van der Waals surface area contributed by atoms with Gasteiger partial charge in [0.2, 0.25) is 21.8 Å². The first-order valence-corrected chi connectivity index (χ1v) is 12.8. The van der Waals surface area contributed by atoms with E-state index in [1.807, 2.05) is 0 Å². The number of amides is 2. The molecule has 0 radical (unpaired) electrons. The summed E-state index contributed by atoms with van der Waals surface area (Å²) in [4.78, 5) is 27.9. The number of rotatable bonds is 7. The molecule has 1 saturated heterocycles. The highest BCUT2D eigenvalue weighted by Gasteiger charge is 2.42. The second-order valence-corrected chi connectivity index (χ2v) is 10.9. The first kappa shape index (κ1) is 29.3. The summed E-state index contributed by atoms with van der Waals surface area (Å²) in [5.74, 6) is -3.94. The summed E-state index contributed by atoms with van der Waals surface area (Å²) >= 11 is 0. The number of nitrogens with zero attached hydrogens (tertiary/aromatic N) is 2. The smallest absolute Gasteiger partial charge is 0.243 e. The lowest BCUT2D eigenvalue weighted by Gasteiger charge is -2.37. The summed E-state index contributed by atoms with van der Waals surface area (Å²) in [6.45, 7) is 0.217. The minimum Gasteiger partial charge on any atom is -0.349 e. The van der Waals surface area contributed by atoms with Crippen molar-refractivity contribution < 1.29 is 31.2 Å². The average molecular weight is 541 g/mol. The van der Waals surface area contributed by atoms with Crippen LogP contribution >= 0.6 is 12.4 Å². The molecule has 13 heteroatoms. The molecule has 2 aliphatic rings. The molecule has 1 aliphatic heterocycles. The van der Waals surface area contributed by atoms with Crippen LogP contribution in [0.2, 0.25) is 0 Å². The molecule has 0 spiro atoms. The lowest BCUT2D eigenvalue weighted by Crippen LogP contribution is -2.54. The first-order chi connectivity index (χ1) is 15.9. The van der Waals surface area contributed by atoms with E-state index in [-0.39, 0.29) is 43.7 Å². The maximum absolute atomic E-state index is 14.0. The van der Waals surface area contributed by atoms with Gasteiger partial charge < -0.3 is 15.5 Å². The van der Waals surface area contributed by atoms with Gasteiger partial charge in [-0.25, -0.2) is 26.3 Å². The summed E-state index contributed by atoms with van der Waals surface area (Å²) in [5.41, 5.74) is 6.25. The van der Waals surface area contributed by atoms with E-state index in [0.29, 0.717) is 31.7 Å². The van der Waals surface area contributed by atoms with Gasteiger partial charge in [0.05, 0.1) is 18.5 Å². The number of benzene rings is 1. The quantitative estimate of drug-likeness (QED) is 0.548. The molecule has 0 aromatic heterocycles. The van der Waals surface area contributed by atoms with Crippen LogP contribution in [0.5, 0.6) is 0 Å². The fourth-order valence-electron chi connectivity index (χ4n) is 4.80. The van der Waals surface area contributed by atoms with Crippen molar-refractivity contribution in [2.75, 3.05) is 27.2 Å². The molecular weight excluding hydrogens is 509 g/mol. The van der Waals surface area contributed by atoms with Crippen LogP contribution in [0.1, 0.15) is 32.1 Å².